The van der Waals surface area contributed by atoms with Crippen LogP contribution in [0, 0.1) is 5.41 Å². The van der Waals surface area contributed by atoms with Gasteiger partial charge >= 0.3 is 0 Å². The average molecular weight is 307 g/mol. The smallest absolute Gasteiger partial charge is 0.243 e. The topological polar surface area (TPSA) is 64.8 Å². The first-order valence-electron chi connectivity index (χ1n) is 7.10. The van der Waals surface area contributed by atoms with E-state index in [0.717, 1.165) is 13.0 Å². The van der Waals surface area contributed by atoms with Crippen LogP contribution in [0.4, 0.5) is 0 Å². The van der Waals surface area contributed by atoms with Crippen LogP contribution in [0.3, 0.4) is 0 Å². The lowest BCUT2D eigenvalue weighted by atomic mass is 9.54. The molecule has 3 unspecified atom stereocenters. The van der Waals surface area contributed by atoms with E-state index in [0.29, 0.717) is 19.6 Å². The lowest BCUT2D eigenvalue weighted by Gasteiger charge is -2.58. The zero-order chi connectivity index (χ0) is 14.3. The van der Waals surface area contributed by atoms with Gasteiger partial charge in [0.2, 0.25) is 5.91 Å². The van der Waals surface area contributed by atoms with Crippen LogP contribution in [0.5, 0.6) is 0 Å². The predicted octanol–water partition coefficient (Wildman–Crippen LogP) is 1.19. The molecule has 6 heteroatoms. The first-order valence-corrected chi connectivity index (χ1v) is 7.10. The summed E-state index contributed by atoms with van der Waals surface area (Å²) in [6.45, 7) is 8.01. The van der Waals surface area contributed by atoms with Gasteiger partial charge in [0.05, 0.1) is 18.8 Å². The second kappa shape index (κ2) is 6.18. The van der Waals surface area contributed by atoms with Crippen molar-refractivity contribution in [3.8, 4) is 0 Å². The van der Waals surface area contributed by atoms with Crippen molar-refractivity contribution in [3.05, 3.63) is 0 Å². The molecule has 1 amide bonds. The second-order valence-electron chi connectivity index (χ2n) is 6.27. The van der Waals surface area contributed by atoms with Crippen molar-refractivity contribution < 1.29 is 14.3 Å². The van der Waals surface area contributed by atoms with Crippen LogP contribution < -0.4 is 5.73 Å². The number of nitrogens with two attached hydrogens (primary N) is 1. The Morgan fingerprint density at radius 3 is 2.60 bits per heavy atom. The van der Waals surface area contributed by atoms with E-state index in [1.807, 2.05) is 27.8 Å². The molecule has 118 valence electrons. The molecule has 1 saturated carbocycles. The van der Waals surface area contributed by atoms with Gasteiger partial charge in [-0.3, -0.25) is 4.79 Å². The van der Waals surface area contributed by atoms with Crippen molar-refractivity contribution in [2.45, 2.75) is 51.3 Å². The van der Waals surface area contributed by atoms with Crippen LogP contribution in [0.2, 0.25) is 0 Å². The third-order valence-electron chi connectivity index (χ3n) is 4.99. The minimum absolute atomic E-state index is 0. The number of ether oxygens (including phenoxy) is 2. The molecule has 0 bridgehead atoms. The largest absolute Gasteiger partial charge is 0.379 e. The van der Waals surface area contributed by atoms with Gasteiger partial charge in [-0.05, 0) is 13.3 Å². The van der Waals surface area contributed by atoms with Gasteiger partial charge < -0.3 is 20.1 Å². The third kappa shape index (κ3) is 2.56. The Bertz CT molecular complexity index is 358. The van der Waals surface area contributed by atoms with E-state index in [9.17, 15) is 4.79 Å². The molecule has 2 N–H and O–H groups in total. The minimum Gasteiger partial charge on any atom is -0.379 e. The SMILES string of the molecule is CCOC1CC(N)(C(=O)N(C)C2CCOC2)C1(C)C.Cl. The number of amides is 1. The number of carbonyl (C=O) groups excluding carboxylic acids is 1. The highest BCUT2D eigenvalue weighted by atomic mass is 35.5. The summed E-state index contributed by atoms with van der Waals surface area (Å²) >= 11 is 0. The highest BCUT2D eigenvalue weighted by molar-refractivity contribution is 5.89. The predicted molar refractivity (Wildman–Crippen MR) is 80.0 cm³/mol. The Hall–Kier alpha value is -0.360. The van der Waals surface area contributed by atoms with E-state index in [4.69, 9.17) is 15.2 Å². The number of likely N-dealkylation sites (N-methyl/N-ethyl adjacent to an activating group) is 1. The van der Waals surface area contributed by atoms with Gasteiger partial charge in [-0.15, -0.1) is 12.4 Å². The van der Waals surface area contributed by atoms with Gasteiger partial charge in [-0.2, -0.15) is 0 Å². The van der Waals surface area contributed by atoms with Crippen molar-refractivity contribution in [3.63, 3.8) is 0 Å². The average Bonchev–Trinajstić information content (AvgIpc) is 2.90. The summed E-state index contributed by atoms with van der Waals surface area (Å²) in [5.74, 6) is 0.0175. The minimum atomic E-state index is -0.815. The van der Waals surface area contributed by atoms with Gasteiger partial charge in [0, 0.05) is 32.1 Å². The normalized spacial score (nSPS) is 35.0. The van der Waals surface area contributed by atoms with E-state index in [2.05, 4.69) is 0 Å². The standard InChI is InChI=1S/C14H26N2O3.ClH/c1-5-19-11-8-14(15,13(11,2)3)12(17)16(4)10-6-7-18-9-10;/h10-11H,5-9,15H2,1-4H3;1H. The first-order chi connectivity index (χ1) is 8.84. The monoisotopic (exact) mass is 306 g/mol. The lowest BCUT2D eigenvalue weighted by molar-refractivity contribution is -0.179. The molecule has 1 aliphatic carbocycles. The van der Waals surface area contributed by atoms with Gasteiger partial charge in [-0.25, -0.2) is 0 Å². The molecule has 20 heavy (non-hydrogen) atoms. The van der Waals surface area contributed by atoms with Crippen LogP contribution >= 0.6 is 12.4 Å². The Morgan fingerprint density at radius 1 is 1.50 bits per heavy atom. The summed E-state index contributed by atoms with van der Waals surface area (Å²) in [4.78, 5) is 14.5. The van der Waals surface area contributed by atoms with E-state index in [1.165, 1.54) is 0 Å². The highest BCUT2D eigenvalue weighted by Crippen LogP contribution is 2.50. The number of rotatable bonds is 4. The third-order valence-corrected chi connectivity index (χ3v) is 4.99. The van der Waals surface area contributed by atoms with Crippen molar-refractivity contribution in [1.82, 2.24) is 4.90 Å². The number of nitrogens with zero attached hydrogens (tertiary/aromatic N) is 1. The molecular weight excluding hydrogens is 280 g/mol. The lowest BCUT2D eigenvalue weighted by Crippen LogP contribution is -2.76. The van der Waals surface area contributed by atoms with Crippen LogP contribution in [0.25, 0.3) is 0 Å². The van der Waals surface area contributed by atoms with Crippen molar-refractivity contribution in [2.24, 2.45) is 11.1 Å². The molecule has 0 spiro atoms. The molecule has 0 aromatic rings. The fourth-order valence-corrected chi connectivity index (χ4v) is 3.11. The van der Waals surface area contributed by atoms with Gasteiger partial charge in [0.1, 0.15) is 5.54 Å². The maximum Gasteiger partial charge on any atom is 0.243 e. The summed E-state index contributed by atoms with van der Waals surface area (Å²) in [5, 5.41) is 0. The number of carbonyl (C=O) groups is 1. The van der Waals surface area contributed by atoms with Crippen LogP contribution in [-0.4, -0.2) is 55.4 Å². The fraction of sp³-hybridized carbons (Fsp3) is 0.929. The maximum atomic E-state index is 12.7. The Labute approximate surface area is 127 Å². The molecule has 3 atom stereocenters. The molecule has 0 aromatic carbocycles. The van der Waals surface area contributed by atoms with Crippen molar-refractivity contribution in [1.29, 1.82) is 0 Å². The quantitative estimate of drug-likeness (QED) is 0.847. The van der Waals surface area contributed by atoms with Crippen molar-refractivity contribution >= 4 is 18.3 Å². The molecule has 2 rings (SSSR count). The fourth-order valence-electron chi connectivity index (χ4n) is 3.11. The summed E-state index contributed by atoms with van der Waals surface area (Å²) < 4.78 is 11.0. The molecule has 1 heterocycles. The zero-order valence-corrected chi connectivity index (χ0v) is 13.7. The molecule has 1 saturated heterocycles. The van der Waals surface area contributed by atoms with E-state index < -0.39 is 5.54 Å². The van der Waals surface area contributed by atoms with E-state index in [-0.39, 0.29) is 35.9 Å². The van der Waals surface area contributed by atoms with Gasteiger partial charge in [-0.1, -0.05) is 13.8 Å². The zero-order valence-electron chi connectivity index (χ0n) is 12.8. The molecule has 2 aliphatic rings. The van der Waals surface area contributed by atoms with Crippen molar-refractivity contribution in [2.75, 3.05) is 26.9 Å². The number of halogens is 1. The Balaban J connectivity index is 0.00000200. The molecule has 0 radical (unpaired) electrons. The van der Waals surface area contributed by atoms with Crippen LogP contribution in [0.15, 0.2) is 0 Å². The molecule has 5 nitrogen and oxygen atoms in total. The number of hydrogen-bond acceptors (Lipinski definition) is 4. The summed E-state index contributed by atoms with van der Waals surface area (Å²) in [6, 6.07) is 0.162. The van der Waals surface area contributed by atoms with E-state index >= 15 is 0 Å². The molecule has 0 aromatic heterocycles. The first kappa shape index (κ1) is 17.7. The summed E-state index contributed by atoms with van der Waals surface area (Å²) in [5.41, 5.74) is 5.26. The van der Waals surface area contributed by atoms with Crippen LogP contribution in [0.1, 0.15) is 33.6 Å². The number of hydrogen-bond donors (Lipinski definition) is 1. The Kier molecular flexibility index (Phi) is 5.46. The molecule has 1 aliphatic heterocycles. The second-order valence-corrected chi connectivity index (χ2v) is 6.27. The molecular formula is C14H27ClN2O3. The summed E-state index contributed by atoms with van der Waals surface area (Å²) in [6.07, 6.45) is 1.57. The highest BCUT2D eigenvalue weighted by Gasteiger charge is 2.63. The van der Waals surface area contributed by atoms with Gasteiger partial charge in [0.15, 0.2) is 0 Å². The summed E-state index contributed by atoms with van der Waals surface area (Å²) in [7, 11) is 1.83. The Morgan fingerprint density at radius 2 is 2.15 bits per heavy atom. The van der Waals surface area contributed by atoms with E-state index in [1.54, 1.807) is 4.90 Å². The van der Waals surface area contributed by atoms with Gasteiger partial charge in [0.25, 0.3) is 0 Å². The maximum absolute atomic E-state index is 12.7. The van der Waals surface area contributed by atoms with Crippen LogP contribution in [-0.2, 0) is 14.3 Å². The molecule has 2 fully saturated rings.